The summed E-state index contributed by atoms with van der Waals surface area (Å²) in [4.78, 5) is 6.59. The molecule has 23 heavy (non-hydrogen) atoms. The highest BCUT2D eigenvalue weighted by molar-refractivity contribution is 5.91. The van der Waals surface area contributed by atoms with E-state index in [4.69, 9.17) is 9.84 Å². The standard InChI is InChI=1S/C18H20N4O/c1-13-3-5-14(6-4-13)22-17-11-19-9-7-16(17)18(20-22)21-10-8-15(12-21)23-2/h3-7,9,11,15H,8,10,12H2,1-2H3. The maximum Gasteiger partial charge on any atom is 0.159 e. The van der Waals surface area contributed by atoms with Crippen molar-refractivity contribution >= 4 is 16.7 Å². The van der Waals surface area contributed by atoms with Crippen molar-refractivity contribution in [1.82, 2.24) is 14.8 Å². The van der Waals surface area contributed by atoms with Crippen molar-refractivity contribution in [3.05, 3.63) is 48.3 Å². The highest BCUT2D eigenvalue weighted by Gasteiger charge is 2.26. The van der Waals surface area contributed by atoms with Gasteiger partial charge in [0.05, 0.1) is 23.5 Å². The Balaban J connectivity index is 1.82. The quantitative estimate of drug-likeness (QED) is 0.746. The van der Waals surface area contributed by atoms with Crippen molar-refractivity contribution in [2.75, 3.05) is 25.1 Å². The molecule has 5 heteroatoms. The number of hydrogen-bond acceptors (Lipinski definition) is 4. The van der Waals surface area contributed by atoms with E-state index in [0.29, 0.717) is 0 Å². The molecule has 1 aliphatic rings. The number of rotatable bonds is 3. The van der Waals surface area contributed by atoms with Crippen LogP contribution in [-0.2, 0) is 4.74 Å². The van der Waals surface area contributed by atoms with Gasteiger partial charge in [0.15, 0.2) is 5.82 Å². The van der Waals surface area contributed by atoms with Crippen LogP contribution in [0.4, 0.5) is 5.82 Å². The first kappa shape index (κ1) is 14.2. The molecule has 1 saturated heterocycles. The molecule has 0 N–H and O–H groups in total. The Kier molecular flexibility index (Phi) is 3.50. The Morgan fingerprint density at radius 1 is 1.17 bits per heavy atom. The molecule has 0 saturated carbocycles. The van der Waals surface area contributed by atoms with Crippen molar-refractivity contribution in [3.8, 4) is 5.69 Å². The number of aryl methyl sites for hydroxylation is 1. The monoisotopic (exact) mass is 308 g/mol. The third kappa shape index (κ3) is 2.47. The third-order valence-corrected chi connectivity index (χ3v) is 4.52. The van der Waals surface area contributed by atoms with Gasteiger partial charge in [-0.1, -0.05) is 17.7 Å². The zero-order chi connectivity index (χ0) is 15.8. The Bertz CT molecular complexity index is 825. The van der Waals surface area contributed by atoms with Crippen LogP contribution in [-0.4, -0.2) is 41.1 Å². The molecular weight excluding hydrogens is 288 g/mol. The van der Waals surface area contributed by atoms with Gasteiger partial charge in [-0.15, -0.1) is 5.10 Å². The van der Waals surface area contributed by atoms with Crippen molar-refractivity contribution < 1.29 is 4.74 Å². The van der Waals surface area contributed by atoms with Crippen LogP contribution in [0.25, 0.3) is 16.6 Å². The molecule has 3 aromatic rings. The highest BCUT2D eigenvalue weighted by atomic mass is 16.5. The minimum atomic E-state index is 0.288. The fourth-order valence-corrected chi connectivity index (χ4v) is 3.18. The first-order chi connectivity index (χ1) is 11.3. The van der Waals surface area contributed by atoms with Gasteiger partial charge >= 0.3 is 0 Å². The molecule has 0 bridgehead atoms. The summed E-state index contributed by atoms with van der Waals surface area (Å²) in [6.07, 6.45) is 5.05. The summed E-state index contributed by atoms with van der Waals surface area (Å²) >= 11 is 0. The maximum atomic E-state index is 5.49. The average Bonchev–Trinajstić information content (AvgIpc) is 3.20. The van der Waals surface area contributed by atoms with Gasteiger partial charge in [-0.2, -0.15) is 0 Å². The molecule has 4 rings (SSSR count). The Hall–Kier alpha value is -2.40. The van der Waals surface area contributed by atoms with Gasteiger partial charge in [-0.05, 0) is 31.5 Å². The van der Waals surface area contributed by atoms with E-state index in [9.17, 15) is 0 Å². The fraction of sp³-hybridized carbons (Fsp3) is 0.333. The van der Waals surface area contributed by atoms with Gasteiger partial charge in [0, 0.05) is 31.8 Å². The SMILES string of the molecule is COC1CCN(c2nn(-c3ccc(C)cc3)c3cnccc23)C1. The molecule has 3 heterocycles. The molecule has 2 aromatic heterocycles. The van der Waals surface area contributed by atoms with E-state index in [0.717, 1.165) is 41.9 Å². The number of methoxy groups -OCH3 is 1. The summed E-state index contributed by atoms with van der Waals surface area (Å²) in [6, 6.07) is 10.5. The summed E-state index contributed by atoms with van der Waals surface area (Å²) in [5, 5.41) is 6.02. The molecule has 1 fully saturated rings. The molecule has 118 valence electrons. The van der Waals surface area contributed by atoms with E-state index < -0.39 is 0 Å². The van der Waals surface area contributed by atoms with Crippen molar-refractivity contribution in [2.45, 2.75) is 19.4 Å². The lowest BCUT2D eigenvalue weighted by atomic mass is 10.2. The fourth-order valence-electron chi connectivity index (χ4n) is 3.18. The predicted octanol–water partition coefficient (Wildman–Crippen LogP) is 2.95. The zero-order valence-corrected chi connectivity index (χ0v) is 13.4. The van der Waals surface area contributed by atoms with Crippen LogP contribution >= 0.6 is 0 Å². The zero-order valence-electron chi connectivity index (χ0n) is 13.4. The van der Waals surface area contributed by atoms with Crippen molar-refractivity contribution in [1.29, 1.82) is 0 Å². The van der Waals surface area contributed by atoms with Gasteiger partial charge in [0.2, 0.25) is 0 Å². The number of pyridine rings is 1. The number of hydrogen-bond donors (Lipinski definition) is 0. The number of benzene rings is 1. The Morgan fingerprint density at radius 3 is 2.74 bits per heavy atom. The molecule has 1 unspecified atom stereocenters. The van der Waals surface area contributed by atoms with Gasteiger partial charge in [-0.25, -0.2) is 4.68 Å². The molecule has 0 amide bonds. The maximum absolute atomic E-state index is 5.49. The Morgan fingerprint density at radius 2 is 2.00 bits per heavy atom. The molecule has 1 aliphatic heterocycles. The summed E-state index contributed by atoms with van der Waals surface area (Å²) in [5.74, 6) is 1.02. The van der Waals surface area contributed by atoms with Crippen LogP contribution in [0.1, 0.15) is 12.0 Å². The normalized spacial score (nSPS) is 18.0. The van der Waals surface area contributed by atoms with E-state index >= 15 is 0 Å². The van der Waals surface area contributed by atoms with Crippen molar-refractivity contribution in [3.63, 3.8) is 0 Å². The largest absolute Gasteiger partial charge is 0.380 e. The lowest BCUT2D eigenvalue weighted by Gasteiger charge is -2.15. The van der Waals surface area contributed by atoms with Gasteiger partial charge < -0.3 is 9.64 Å². The van der Waals surface area contributed by atoms with E-state index in [1.165, 1.54) is 5.56 Å². The summed E-state index contributed by atoms with van der Waals surface area (Å²) in [7, 11) is 1.78. The minimum absolute atomic E-state index is 0.288. The minimum Gasteiger partial charge on any atom is -0.380 e. The summed E-state index contributed by atoms with van der Waals surface area (Å²) < 4.78 is 7.47. The van der Waals surface area contributed by atoms with Crippen LogP contribution < -0.4 is 4.90 Å². The van der Waals surface area contributed by atoms with E-state index in [1.54, 1.807) is 7.11 Å². The van der Waals surface area contributed by atoms with Crippen LogP contribution in [0.3, 0.4) is 0 Å². The molecule has 5 nitrogen and oxygen atoms in total. The van der Waals surface area contributed by atoms with Gasteiger partial charge in [0.1, 0.15) is 0 Å². The lowest BCUT2D eigenvalue weighted by molar-refractivity contribution is 0.121. The predicted molar refractivity (Wildman–Crippen MR) is 91.2 cm³/mol. The molecule has 0 spiro atoms. The first-order valence-corrected chi connectivity index (χ1v) is 7.94. The first-order valence-electron chi connectivity index (χ1n) is 7.94. The summed E-state index contributed by atoms with van der Waals surface area (Å²) in [6.45, 7) is 3.95. The highest BCUT2D eigenvalue weighted by Crippen LogP contribution is 2.30. The van der Waals surface area contributed by atoms with Gasteiger partial charge in [0.25, 0.3) is 0 Å². The van der Waals surface area contributed by atoms with Crippen LogP contribution in [0.2, 0.25) is 0 Å². The number of ether oxygens (including phenoxy) is 1. The topological polar surface area (TPSA) is 43.2 Å². The Labute approximate surface area is 135 Å². The van der Waals surface area contributed by atoms with Crippen LogP contribution in [0.15, 0.2) is 42.7 Å². The third-order valence-electron chi connectivity index (χ3n) is 4.52. The second kappa shape index (κ2) is 5.66. The van der Waals surface area contributed by atoms with Gasteiger partial charge in [-0.3, -0.25) is 4.98 Å². The number of fused-ring (bicyclic) bond motifs is 1. The number of aromatic nitrogens is 3. The van der Waals surface area contributed by atoms with E-state index in [2.05, 4.69) is 41.1 Å². The summed E-state index contributed by atoms with van der Waals surface area (Å²) in [5.41, 5.74) is 3.33. The molecule has 0 radical (unpaired) electrons. The molecule has 1 atom stereocenters. The van der Waals surface area contributed by atoms with Crippen molar-refractivity contribution in [2.24, 2.45) is 0 Å². The number of anilines is 1. The van der Waals surface area contributed by atoms with E-state index in [1.807, 2.05) is 23.1 Å². The number of nitrogens with zero attached hydrogens (tertiary/aromatic N) is 4. The average molecular weight is 308 g/mol. The second-order valence-corrected chi connectivity index (χ2v) is 6.06. The smallest absolute Gasteiger partial charge is 0.159 e. The van der Waals surface area contributed by atoms with E-state index in [-0.39, 0.29) is 6.10 Å². The van der Waals surface area contributed by atoms with Crippen LogP contribution in [0.5, 0.6) is 0 Å². The molecule has 0 aliphatic carbocycles. The van der Waals surface area contributed by atoms with Crippen LogP contribution in [0, 0.1) is 6.92 Å². The lowest BCUT2D eigenvalue weighted by Crippen LogP contribution is -2.22. The molecule has 1 aromatic carbocycles. The molecular formula is C18H20N4O. The second-order valence-electron chi connectivity index (χ2n) is 6.06.